The van der Waals surface area contributed by atoms with Crippen molar-refractivity contribution in [3.05, 3.63) is 29.8 Å². The van der Waals surface area contributed by atoms with E-state index in [1.54, 1.807) is 0 Å². The molecule has 0 bridgehead atoms. The lowest BCUT2D eigenvalue weighted by Crippen LogP contribution is -2.16. The Labute approximate surface area is 71.8 Å². The zero-order chi connectivity index (χ0) is 8.55. The SMILES string of the molecule is CCC1Oc2ccccc2C1O. The van der Waals surface area contributed by atoms with Gasteiger partial charge in [0.05, 0.1) is 0 Å². The highest BCUT2D eigenvalue weighted by molar-refractivity contribution is 5.39. The molecule has 0 amide bonds. The van der Waals surface area contributed by atoms with Gasteiger partial charge < -0.3 is 9.84 Å². The van der Waals surface area contributed by atoms with Crippen LogP contribution >= 0.6 is 0 Å². The van der Waals surface area contributed by atoms with E-state index in [-0.39, 0.29) is 6.10 Å². The molecule has 2 atom stereocenters. The Morgan fingerprint density at radius 2 is 2.17 bits per heavy atom. The average molecular weight is 164 g/mol. The summed E-state index contributed by atoms with van der Waals surface area (Å²) in [6.45, 7) is 2.01. The van der Waals surface area contributed by atoms with E-state index in [0.29, 0.717) is 0 Å². The highest BCUT2D eigenvalue weighted by Gasteiger charge is 2.30. The topological polar surface area (TPSA) is 29.5 Å². The molecule has 0 aliphatic carbocycles. The van der Waals surface area contributed by atoms with Gasteiger partial charge in [-0.05, 0) is 12.5 Å². The molecule has 2 unspecified atom stereocenters. The zero-order valence-corrected chi connectivity index (χ0v) is 7.03. The first-order valence-corrected chi connectivity index (χ1v) is 4.26. The predicted molar refractivity (Wildman–Crippen MR) is 46.1 cm³/mol. The maximum atomic E-state index is 9.72. The van der Waals surface area contributed by atoms with E-state index >= 15 is 0 Å². The molecule has 0 spiro atoms. The van der Waals surface area contributed by atoms with E-state index in [1.165, 1.54) is 0 Å². The zero-order valence-electron chi connectivity index (χ0n) is 7.03. The Kier molecular flexibility index (Phi) is 1.77. The lowest BCUT2D eigenvalue weighted by atomic mass is 10.1. The summed E-state index contributed by atoms with van der Waals surface area (Å²) in [6, 6.07) is 7.65. The summed E-state index contributed by atoms with van der Waals surface area (Å²) in [5, 5.41) is 9.72. The number of hydrogen-bond donors (Lipinski definition) is 1. The first-order chi connectivity index (χ1) is 5.83. The van der Waals surface area contributed by atoms with Crippen LogP contribution in [0.1, 0.15) is 25.0 Å². The van der Waals surface area contributed by atoms with Crippen molar-refractivity contribution in [1.82, 2.24) is 0 Å². The number of ether oxygens (including phenoxy) is 1. The molecule has 1 aromatic rings. The quantitative estimate of drug-likeness (QED) is 0.686. The van der Waals surface area contributed by atoms with Crippen molar-refractivity contribution in [1.29, 1.82) is 0 Å². The van der Waals surface area contributed by atoms with Crippen molar-refractivity contribution in [3.8, 4) is 5.75 Å². The molecule has 0 saturated carbocycles. The maximum absolute atomic E-state index is 9.72. The van der Waals surface area contributed by atoms with Crippen molar-refractivity contribution < 1.29 is 9.84 Å². The highest BCUT2D eigenvalue weighted by atomic mass is 16.5. The first kappa shape index (κ1) is 7.62. The molecule has 0 saturated heterocycles. The summed E-state index contributed by atoms with van der Waals surface area (Å²) in [5.41, 5.74) is 0.921. The van der Waals surface area contributed by atoms with Crippen molar-refractivity contribution >= 4 is 0 Å². The molecular weight excluding hydrogens is 152 g/mol. The van der Waals surface area contributed by atoms with Gasteiger partial charge in [-0.3, -0.25) is 0 Å². The average Bonchev–Trinajstić information content (AvgIpc) is 2.44. The molecule has 2 rings (SSSR count). The third-order valence-corrected chi connectivity index (χ3v) is 2.27. The molecule has 0 fully saturated rings. The fraction of sp³-hybridized carbons (Fsp3) is 0.400. The van der Waals surface area contributed by atoms with Crippen LogP contribution in [0.5, 0.6) is 5.75 Å². The van der Waals surface area contributed by atoms with E-state index in [1.807, 2.05) is 31.2 Å². The standard InChI is InChI=1S/C10H12O2/c1-2-8-10(11)7-5-3-4-6-9(7)12-8/h3-6,8,10-11H,2H2,1H3. The molecule has 2 nitrogen and oxygen atoms in total. The predicted octanol–water partition coefficient (Wildman–Crippen LogP) is 1.89. The van der Waals surface area contributed by atoms with Gasteiger partial charge in [0.2, 0.25) is 0 Å². The summed E-state index contributed by atoms with van der Waals surface area (Å²) >= 11 is 0. The Balaban J connectivity index is 2.35. The number of fused-ring (bicyclic) bond motifs is 1. The number of para-hydroxylation sites is 1. The van der Waals surface area contributed by atoms with E-state index in [4.69, 9.17) is 4.74 Å². The number of benzene rings is 1. The minimum absolute atomic E-state index is 0.0533. The summed E-state index contributed by atoms with van der Waals surface area (Å²) < 4.78 is 5.52. The molecule has 1 aliphatic heterocycles. The van der Waals surface area contributed by atoms with Crippen molar-refractivity contribution in [2.24, 2.45) is 0 Å². The molecule has 64 valence electrons. The Morgan fingerprint density at radius 1 is 1.42 bits per heavy atom. The van der Waals surface area contributed by atoms with Gasteiger partial charge in [-0.2, -0.15) is 0 Å². The minimum atomic E-state index is -0.439. The lowest BCUT2D eigenvalue weighted by Gasteiger charge is -2.10. The number of rotatable bonds is 1. The second-order valence-electron chi connectivity index (χ2n) is 3.05. The van der Waals surface area contributed by atoms with Crippen LogP contribution in [0.15, 0.2) is 24.3 Å². The largest absolute Gasteiger partial charge is 0.487 e. The van der Waals surface area contributed by atoms with Crippen LogP contribution in [0, 0.1) is 0 Å². The number of aliphatic hydroxyl groups is 1. The fourth-order valence-electron chi connectivity index (χ4n) is 1.57. The fourth-order valence-corrected chi connectivity index (χ4v) is 1.57. The van der Waals surface area contributed by atoms with Gasteiger partial charge in [0.15, 0.2) is 0 Å². The van der Waals surface area contributed by atoms with Crippen molar-refractivity contribution in [3.63, 3.8) is 0 Å². The molecule has 0 aromatic heterocycles. The maximum Gasteiger partial charge on any atom is 0.129 e. The van der Waals surface area contributed by atoms with Crippen molar-refractivity contribution in [2.45, 2.75) is 25.6 Å². The van der Waals surface area contributed by atoms with Gasteiger partial charge in [0, 0.05) is 5.56 Å². The van der Waals surface area contributed by atoms with Crippen LogP contribution in [-0.2, 0) is 0 Å². The van der Waals surface area contributed by atoms with Gasteiger partial charge in [-0.25, -0.2) is 0 Å². The Hall–Kier alpha value is -1.02. The lowest BCUT2D eigenvalue weighted by molar-refractivity contribution is 0.0653. The van der Waals surface area contributed by atoms with Gasteiger partial charge in [0.1, 0.15) is 18.0 Å². The van der Waals surface area contributed by atoms with Crippen molar-refractivity contribution in [2.75, 3.05) is 0 Å². The summed E-state index contributed by atoms with van der Waals surface area (Å²) in [5.74, 6) is 0.830. The Morgan fingerprint density at radius 3 is 2.83 bits per heavy atom. The smallest absolute Gasteiger partial charge is 0.129 e. The molecule has 1 aliphatic rings. The molecule has 1 N–H and O–H groups in total. The molecule has 2 heteroatoms. The normalized spacial score (nSPS) is 26.5. The van der Waals surface area contributed by atoms with Gasteiger partial charge in [0.25, 0.3) is 0 Å². The van der Waals surface area contributed by atoms with Crippen LogP contribution in [-0.4, -0.2) is 11.2 Å². The van der Waals surface area contributed by atoms with Crippen LogP contribution in [0.2, 0.25) is 0 Å². The number of aliphatic hydroxyl groups excluding tert-OH is 1. The molecule has 12 heavy (non-hydrogen) atoms. The van der Waals surface area contributed by atoms with Crippen LogP contribution in [0.4, 0.5) is 0 Å². The molecule has 0 radical (unpaired) electrons. The highest BCUT2D eigenvalue weighted by Crippen LogP contribution is 2.37. The minimum Gasteiger partial charge on any atom is -0.487 e. The van der Waals surface area contributed by atoms with Gasteiger partial charge in [-0.15, -0.1) is 0 Å². The molecule has 1 aromatic carbocycles. The first-order valence-electron chi connectivity index (χ1n) is 4.26. The van der Waals surface area contributed by atoms with Gasteiger partial charge >= 0.3 is 0 Å². The second kappa shape index (κ2) is 2.79. The van der Waals surface area contributed by atoms with Gasteiger partial charge in [-0.1, -0.05) is 25.1 Å². The van der Waals surface area contributed by atoms with E-state index in [9.17, 15) is 5.11 Å². The monoisotopic (exact) mass is 164 g/mol. The van der Waals surface area contributed by atoms with E-state index < -0.39 is 6.10 Å². The summed E-state index contributed by atoms with van der Waals surface area (Å²) in [4.78, 5) is 0. The summed E-state index contributed by atoms with van der Waals surface area (Å²) in [7, 11) is 0. The summed E-state index contributed by atoms with van der Waals surface area (Å²) in [6.07, 6.45) is 0.351. The Bertz CT molecular complexity index is 283. The van der Waals surface area contributed by atoms with E-state index in [2.05, 4.69) is 0 Å². The van der Waals surface area contributed by atoms with Crippen LogP contribution in [0.3, 0.4) is 0 Å². The second-order valence-corrected chi connectivity index (χ2v) is 3.05. The van der Waals surface area contributed by atoms with Crippen LogP contribution in [0.25, 0.3) is 0 Å². The van der Waals surface area contributed by atoms with Crippen LogP contribution < -0.4 is 4.74 Å². The molecular formula is C10H12O2. The number of hydrogen-bond acceptors (Lipinski definition) is 2. The third-order valence-electron chi connectivity index (χ3n) is 2.27. The third kappa shape index (κ3) is 0.994. The molecule has 1 heterocycles. The van der Waals surface area contributed by atoms with E-state index in [0.717, 1.165) is 17.7 Å².